The number of benzene rings is 9. The minimum atomic E-state index is 1.18. The molecule has 66 heavy (non-hydrogen) atoms. The van der Waals surface area contributed by atoms with E-state index in [9.17, 15) is 0 Å². The smallest absolute Gasteiger partial charge is 0.0464 e. The van der Waals surface area contributed by atoms with Crippen molar-refractivity contribution in [2.75, 3.05) is 14.7 Å². The molecule has 0 fully saturated rings. The highest BCUT2D eigenvalue weighted by atomic mass is 15.2. The SMILES string of the molecule is Cc1ccc(N(c2ccc(C)cc2)c2cccc(C)c2)cc1.Cc1ccc(N(c2ccc(C)cc2)c2cccc(C)c2)cc1.Cc1ccc(N(c2ccc(C)cc2)c2cccc(C)c2)cc1. The Morgan fingerprint density at radius 1 is 0.167 bits per heavy atom. The summed E-state index contributed by atoms with van der Waals surface area (Å²) in [5, 5.41) is 0. The normalized spacial score (nSPS) is 10.5. The van der Waals surface area contributed by atoms with E-state index in [1.807, 2.05) is 0 Å². The van der Waals surface area contributed by atoms with Gasteiger partial charge < -0.3 is 14.7 Å². The van der Waals surface area contributed by atoms with Gasteiger partial charge in [-0.1, -0.05) is 143 Å². The molecule has 0 amide bonds. The van der Waals surface area contributed by atoms with Crippen LogP contribution in [0.5, 0.6) is 0 Å². The Labute approximate surface area is 394 Å². The zero-order valence-electron chi connectivity index (χ0n) is 40.1. The summed E-state index contributed by atoms with van der Waals surface area (Å²) >= 11 is 0. The van der Waals surface area contributed by atoms with Crippen LogP contribution >= 0.6 is 0 Å². The van der Waals surface area contributed by atoms with E-state index in [1.165, 1.54) is 101 Å². The zero-order chi connectivity index (χ0) is 46.6. The first kappa shape index (κ1) is 46.4. The van der Waals surface area contributed by atoms with E-state index in [0.717, 1.165) is 0 Å². The standard InChI is InChI=1S/3C21H21N/c3*1-16-7-11-19(12-8-16)22(20-13-9-17(2)10-14-20)21-6-4-5-18(3)15-21/h3*4-15H,1-3H3. The summed E-state index contributed by atoms with van der Waals surface area (Å²) in [6, 6.07) is 77.9. The van der Waals surface area contributed by atoms with Crippen molar-refractivity contribution in [1.82, 2.24) is 0 Å². The first-order valence-electron chi connectivity index (χ1n) is 22.9. The molecule has 0 spiro atoms. The van der Waals surface area contributed by atoms with Crippen molar-refractivity contribution in [2.45, 2.75) is 62.3 Å². The molecule has 9 aromatic rings. The van der Waals surface area contributed by atoms with Crippen LogP contribution in [0.15, 0.2) is 218 Å². The minimum absolute atomic E-state index is 1.18. The molecular formula is C63H63N3. The maximum Gasteiger partial charge on any atom is 0.0464 e. The Kier molecular flexibility index (Phi) is 15.3. The second-order valence-electron chi connectivity index (χ2n) is 17.5. The topological polar surface area (TPSA) is 9.72 Å². The van der Waals surface area contributed by atoms with E-state index in [1.54, 1.807) is 0 Å². The highest BCUT2D eigenvalue weighted by Gasteiger charge is 2.15. The van der Waals surface area contributed by atoms with Gasteiger partial charge in [-0.15, -0.1) is 0 Å². The van der Waals surface area contributed by atoms with Gasteiger partial charge in [0.25, 0.3) is 0 Å². The number of rotatable bonds is 9. The van der Waals surface area contributed by atoms with Crippen molar-refractivity contribution in [3.8, 4) is 0 Å². The van der Waals surface area contributed by atoms with Crippen LogP contribution < -0.4 is 14.7 Å². The zero-order valence-corrected chi connectivity index (χ0v) is 40.1. The van der Waals surface area contributed by atoms with Crippen molar-refractivity contribution in [3.63, 3.8) is 0 Å². The van der Waals surface area contributed by atoms with E-state index in [0.29, 0.717) is 0 Å². The second-order valence-corrected chi connectivity index (χ2v) is 17.5. The second kappa shape index (κ2) is 21.8. The summed E-state index contributed by atoms with van der Waals surface area (Å²) in [4.78, 5) is 6.89. The van der Waals surface area contributed by atoms with Crippen molar-refractivity contribution in [3.05, 3.63) is 268 Å². The minimum Gasteiger partial charge on any atom is -0.310 e. The lowest BCUT2D eigenvalue weighted by atomic mass is 10.1. The van der Waals surface area contributed by atoms with Crippen LogP contribution in [0.3, 0.4) is 0 Å². The van der Waals surface area contributed by atoms with Gasteiger partial charge in [0.2, 0.25) is 0 Å². The molecule has 0 aliphatic carbocycles. The number of hydrogen-bond donors (Lipinski definition) is 0. The van der Waals surface area contributed by atoms with Crippen molar-refractivity contribution in [1.29, 1.82) is 0 Å². The van der Waals surface area contributed by atoms with Gasteiger partial charge in [-0.3, -0.25) is 0 Å². The summed E-state index contributed by atoms with van der Waals surface area (Å²) in [6.07, 6.45) is 0. The molecule has 0 aliphatic heterocycles. The molecule has 9 aromatic carbocycles. The van der Waals surface area contributed by atoms with Crippen LogP contribution in [-0.2, 0) is 0 Å². The molecule has 0 N–H and O–H groups in total. The van der Waals surface area contributed by atoms with Crippen molar-refractivity contribution >= 4 is 51.2 Å². The fraction of sp³-hybridized carbons (Fsp3) is 0.143. The summed E-state index contributed by atoms with van der Waals surface area (Å²) in [5.41, 5.74) is 22.1. The fourth-order valence-corrected chi connectivity index (χ4v) is 7.81. The molecule has 0 aliphatic rings. The molecule has 0 heterocycles. The van der Waals surface area contributed by atoms with Crippen molar-refractivity contribution in [2.24, 2.45) is 0 Å². The van der Waals surface area contributed by atoms with Gasteiger partial charge >= 0.3 is 0 Å². The van der Waals surface area contributed by atoms with Crippen LogP contribution in [0, 0.1) is 62.3 Å². The first-order chi connectivity index (χ1) is 31.9. The molecule has 0 aromatic heterocycles. The van der Waals surface area contributed by atoms with Gasteiger partial charge in [0.1, 0.15) is 0 Å². The lowest BCUT2D eigenvalue weighted by Crippen LogP contribution is -2.10. The van der Waals surface area contributed by atoms with Crippen LogP contribution in [0.4, 0.5) is 51.2 Å². The quantitative estimate of drug-likeness (QED) is 0.143. The number of hydrogen-bond acceptors (Lipinski definition) is 3. The molecule has 0 unspecified atom stereocenters. The van der Waals surface area contributed by atoms with E-state index >= 15 is 0 Å². The Morgan fingerprint density at radius 3 is 0.485 bits per heavy atom. The van der Waals surface area contributed by atoms with E-state index in [-0.39, 0.29) is 0 Å². The number of nitrogens with zero attached hydrogens (tertiary/aromatic N) is 3. The molecule has 3 nitrogen and oxygen atoms in total. The first-order valence-corrected chi connectivity index (χ1v) is 22.9. The van der Waals surface area contributed by atoms with Crippen molar-refractivity contribution < 1.29 is 0 Å². The molecule has 0 radical (unpaired) electrons. The monoisotopic (exact) mass is 862 g/mol. The predicted octanol–water partition coefficient (Wildman–Crippen LogP) is 18.2. The lowest BCUT2D eigenvalue weighted by molar-refractivity contribution is 1.26. The van der Waals surface area contributed by atoms with Crippen LogP contribution in [0.2, 0.25) is 0 Å². The lowest BCUT2D eigenvalue weighted by Gasteiger charge is -2.26. The average molecular weight is 862 g/mol. The molecular weight excluding hydrogens is 799 g/mol. The largest absolute Gasteiger partial charge is 0.310 e. The van der Waals surface area contributed by atoms with Gasteiger partial charge in [0, 0.05) is 51.2 Å². The Balaban J connectivity index is 0.000000147. The molecule has 330 valence electrons. The van der Waals surface area contributed by atoms with Crippen LogP contribution in [-0.4, -0.2) is 0 Å². The third-order valence-electron chi connectivity index (χ3n) is 11.5. The van der Waals surface area contributed by atoms with Gasteiger partial charge in [-0.25, -0.2) is 0 Å². The fourth-order valence-electron chi connectivity index (χ4n) is 7.81. The maximum absolute atomic E-state index is 2.30. The van der Waals surface area contributed by atoms with Gasteiger partial charge in [0.05, 0.1) is 0 Å². The summed E-state index contributed by atoms with van der Waals surface area (Å²) in [5.74, 6) is 0. The number of anilines is 9. The van der Waals surface area contributed by atoms with E-state index < -0.39 is 0 Å². The molecule has 0 bridgehead atoms. The molecule has 0 atom stereocenters. The Hall–Kier alpha value is -7.62. The highest BCUT2D eigenvalue weighted by Crippen LogP contribution is 2.38. The number of aryl methyl sites for hydroxylation is 9. The summed E-state index contributed by atoms with van der Waals surface area (Å²) in [6.45, 7) is 19.1. The van der Waals surface area contributed by atoms with Gasteiger partial charge in [-0.05, 0) is 188 Å². The molecule has 9 rings (SSSR count). The van der Waals surface area contributed by atoms with Crippen LogP contribution in [0.1, 0.15) is 50.1 Å². The Bertz CT molecular complexity index is 2450. The summed E-state index contributed by atoms with van der Waals surface area (Å²) in [7, 11) is 0. The average Bonchev–Trinajstić information content (AvgIpc) is 3.31. The molecule has 3 heteroatoms. The van der Waals surface area contributed by atoms with Gasteiger partial charge in [-0.2, -0.15) is 0 Å². The predicted molar refractivity (Wildman–Crippen MR) is 286 cm³/mol. The van der Waals surface area contributed by atoms with E-state index in [2.05, 4.69) is 295 Å². The Morgan fingerprint density at radius 2 is 0.333 bits per heavy atom. The maximum atomic E-state index is 2.30. The molecule has 0 saturated heterocycles. The highest BCUT2D eigenvalue weighted by molar-refractivity contribution is 5.79. The van der Waals surface area contributed by atoms with Crippen LogP contribution in [0.25, 0.3) is 0 Å². The third kappa shape index (κ3) is 12.3. The molecule has 0 saturated carbocycles. The van der Waals surface area contributed by atoms with Gasteiger partial charge in [0.15, 0.2) is 0 Å². The third-order valence-corrected chi connectivity index (χ3v) is 11.5. The van der Waals surface area contributed by atoms with E-state index in [4.69, 9.17) is 0 Å². The summed E-state index contributed by atoms with van der Waals surface area (Å²) < 4.78 is 0.